The van der Waals surface area contributed by atoms with E-state index in [-0.39, 0.29) is 18.4 Å². The van der Waals surface area contributed by atoms with Gasteiger partial charge in [0.2, 0.25) is 10.0 Å². The summed E-state index contributed by atoms with van der Waals surface area (Å²) >= 11 is 1.30. The fraction of sp³-hybridized carbons (Fsp3) is 0.714. The highest BCUT2D eigenvalue weighted by atomic mass is 32.2. The Morgan fingerprint density at radius 2 is 1.70 bits per heavy atom. The molecule has 20 heavy (non-hydrogen) atoms. The predicted molar refractivity (Wildman–Crippen MR) is 83.4 cm³/mol. The Kier molecular flexibility index (Phi) is 6.19. The molecule has 0 fully saturated rings. The van der Waals surface area contributed by atoms with E-state index in [4.69, 9.17) is 0 Å². The Balaban J connectivity index is 3.24. The smallest absolute Gasteiger partial charge is 0.244 e. The van der Waals surface area contributed by atoms with Gasteiger partial charge in [0.25, 0.3) is 0 Å². The largest absolute Gasteiger partial charge is 0.391 e. The van der Waals surface area contributed by atoms with E-state index in [1.807, 2.05) is 27.7 Å². The molecule has 1 aromatic heterocycles. The molecule has 0 unspecified atom stereocenters. The van der Waals surface area contributed by atoms with Crippen molar-refractivity contribution in [1.82, 2.24) is 4.31 Å². The van der Waals surface area contributed by atoms with E-state index >= 15 is 0 Å². The summed E-state index contributed by atoms with van der Waals surface area (Å²) in [6.45, 7) is 10.6. The van der Waals surface area contributed by atoms with Gasteiger partial charge < -0.3 is 5.11 Å². The molecule has 0 radical (unpaired) electrons. The minimum Gasteiger partial charge on any atom is -0.391 e. The second-order valence-electron chi connectivity index (χ2n) is 5.94. The van der Waals surface area contributed by atoms with E-state index in [1.165, 1.54) is 11.3 Å². The van der Waals surface area contributed by atoms with Gasteiger partial charge in [0.1, 0.15) is 4.90 Å². The molecule has 0 atom stereocenters. The lowest BCUT2D eigenvalue weighted by Crippen LogP contribution is -2.37. The Morgan fingerprint density at radius 1 is 1.20 bits per heavy atom. The van der Waals surface area contributed by atoms with Crippen LogP contribution in [0.5, 0.6) is 0 Å². The number of sulfonamides is 1. The van der Waals surface area contributed by atoms with Crippen molar-refractivity contribution in [2.75, 3.05) is 13.1 Å². The molecular weight excluding hydrogens is 294 g/mol. The SMILES string of the molecule is Cc1csc(CO)c1S(=O)(=O)N(CC(C)C)CC(C)C. The van der Waals surface area contributed by atoms with E-state index in [9.17, 15) is 13.5 Å². The average molecular weight is 319 g/mol. The van der Waals surface area contributed by atoms with Crippen LogP contribution in [0.2, 0.25) is 0 Å². The van der Waals surface area contributed by atoms with Crippen molar-refractivity contribution in [3.05, 3.63) is 15.8 Å². The number of hydrogen-bond donors (Lipinski definition) is 1. The highest BCUT2D eigenvalue weighted by molar-refractivity contribution is 7.89. The molecule has 1 aromatic rings. The Labute approximate surface area is 126 Å². The maximum Gasteiger partial charge on any atom is 0.244 e. The summed E-state index contributed by atoms with van der Waals surface area (Å²) in [6, 6.07) is 0. The van der Waals surface area contributed by atoms with E-state index < -0.39 is 10.0 Å². The summed E-state index contributed by atoms with van der Waals surface area (Å²) < 4.78 is 27.3. The summed E-state index contributed by atoms with van der Waals surface area (Å²) in [6.07, 6.45) is 0. The molecule has 0 spiro atoms. The van der Waals surface area contributed by atoms with Gasteiger partial charge >= 0.3 is 0 Å². The van der Waals surface area contributed by atoms with E-state index in [2.05, 4.69) is 0 Å². The van der Waals surface area contributed by atoms with Gasteiger partial charge in [0.15, 0.2) is 0 Å². The van der Waals surface area contributed by atoms with E-state index in [0.29, 0.717) is 22.9 Å². The summed E-state index contributed by atoms with van der Waals surface area (Å²) in [4.78, 5) is 0.825. The first-order valence-electron chi connectivity index (χ1n) is 6.88. The molecule has 0 amide bonds. The number of hydrogen-bond acceptors (Lipinski definition) is 4. The van der Waals surface area contributed by atoms with Crippen LogP contribution >= 0.6 is 11.3 Å². The molecule has 6 heteroatoms. The van der Waals surface area contributed by atoms with Gasteiger partial charge in [-0.05, 0) is 29.7 Å². The monoisotopic (exact) mass is 319 g/mol. The summed E-state index contributed by atoms with van der Waals surface area (Å²) in [5.74, 6) is 0.528. The van der Waals surface area contributed by atoms with Crippen molar-refractivity contribution < 1.29 is 13.5 Å². The summed E-state index contributed by atoms with van der Waals surface area (Å²) in [7, 11) is -3.54. The topological polar surface area (TPSA) is 57.6 Å². The van der Waals surface area contributed by atoms with Crippen molar-refractivity contribution in [3.63, 3.8) is 0 Å². The lowest BCUT2D eigenvalue weighted by molar-refractivity contribution is 0.281. The Bertz CT molecular complexity index is 523. The number of aliphatic hydroxyl groups excluding tert-OH is 1. The van der Waals surface area contributed by atoms with E-state index in [0.717, 1.165) is 5.56 Å². The van der Waals surface area contributed by atoms with Crippen LogP contribution in [-0.2, 0) is 16.6 Å². The lowest BCUT2D eigenvalue weighted by Gasteiger charge is -2.26. The number of aryl methyl sites for hydroxylation is 1. The number of nitrogens with zero attached hydrogens (tertiary/aromatic N) is 1. The first kappa shape index (κ1) is 17.6. The fourth-order valence-electron chi connectivity index (χ4n) is 2.16. The van der Waals surface area contributed by atoms with Gasteiger partial charge in [-0.2, -0.15) is 4.31 Å². The standard InChI is InChI=1S/C14H25NO3S2/c1-10(2)6-15(7-11(3)4)20(17,18)14-12(5)9-19-13(14)8-16/h9-11,16H,6-8H2,1-5H3. The van der Waals surface area contributed by atoms with Crippen molar-refractivity contribution in [3.8, 4) is 0 Å². The van der Waals surface area contributed by atoms with Gasteiger partial charge in [-0.1, -0.05) is 27.7 Å². The van der Waals surface area contributed by atoms with Gasteiger partial charge in [-0.3, -0.25) is 0 Å². The van der Waals surface area contributed by atoms with Gasteiger partial charge in [0, 0.05) is 13.1 Å². The van der Waals surface area contributed by atoms with Crippen LogP contribution in [0, 0.1) is 18.8 Å². The maximum absolute atomic E-state index is 12.9. The van der Waals surface area contributed by atoms with Gasteiger partial charge in [-0.25, -0.2) is 8.42 Å². The molecular formula is C14H25NO3S2. The van der Waals surface area contributed by atoms with Crippen molar-refractivity contribution in [1.29, 1.82) is 0 Å². The van der Waals surface area contributed by atoms with Crippen LogP contribution in [0.25, 0.3) is 0 Å². The molecule has 0 saturated heterocycles. The lowest BCUT2D eigenvalue weighted by atomic mass is 10.2. The van der Waals surface area contributed by atoms with Crippen molar-refractivity contribution >= 4 is 21.4 Å². The van der Waals surface area contributed by atoms with Gasteiger partial charge in [-0.15, -0.1) is 11.3 Å². The molecule has 0 saturated carbocycles. The molecule has 0 aliphatic rings. The molecule has 1 N–H and O–H groups in total. The number of aliphatic hydroxyl groups is 1. The molecule has 4 nitrogen and oxygen atoms in total. The second-order valence-corrected chi connectivity index (χ2v) is 8.78. The third-order valence-corrected chi connectivity index (χ3v) is 6.15. The molecule has 1 rings (SSSR count). The average Bonchev–Trinajstić information content (AvgIpc) is 2.68. The molecule has 0 aliphatic heterocycles. The first-order valence-corrected chi connectivity index (χ1v) is 9.20. The minimum absolute atomic E-state index is 0.232. The highest BCUT2D eigenvalue weighted by Crippen LogP contribution is 2.30. The molecule has 0 aromatic carbocycles. The minimum atomic E-state index is -3.54. The Hall–Kier alpha value is -0.430. The highest BCUT2D eigenvalue weighted by Gasteiger charge is 2.30. The van der Waals surface area contributed by atoms with Crippen molar-refractivity contribution in [2.24, 2.45) is 11.8 Å². The zero-order chi connectivity index (χ0) is 15.5. The first-order chi connectivity index (χ1) is 9.20. The van der Waals surface area contributed by atoms with Gasteiger partial charge in [0.05, 0.1) is 11.5 Å². The maximum atomic E-state index is 12.9. The molecule has 1 heterocycles. The quantitative estimate of drug-likeness (QED) is 0.841. The molecule has 0 bridgehead atoms. The fourth-order valence-corrected chi connectivity index (χ4v) is 5.54. The number of thiophene rings is 1. The van der Waals surface area contributed by atoms with Crippen LogP contribution < -0.4 is 0 Å². The predicted octanol–water partition coefficient (Wildman–Crippen LogP) is 2.85. The third-order valence-electron chi connectivity index (χ3n) is 2.87. The Morgan fingerprint density at radius 3 is 2.10 bits per heavy atom. The normalized spacial score (nSPS) is 12.8. The van der Waals surface area contributed by atoms with Crippen LogP contribution in [-0.4, -0.2) is 30.9 Å². The second kappa shape index (κ2) is 7.02. The molecule has 0 aliphatic carbocycles. The van der Waals surface area contributed by atoms with Crippen LogP contribution in [0.3, 0.4) is 0 Å². The zero-order valence-electron chi connectivity index (χ0n) is 12.9. The zero-order valence-corrected chi connectivity index (χ0v) is 14.5. The molecule has 116 valence electrons. The summed E-state index contributed by atoms with van der Waals surface area (Å²) in [5, 5.41) is 11.2. The van der Waals surface area contributed by atoms with Crippen LogP contribution in [0.1, 0.15) is 38.1 Å². The van der Waals surface area contributed by atoms with E-state index in [1.54, 1.807) is 16.6 Å². The van der Waals surface area contributed by atoms with Crippen LogP contribution in [0.15, 0.2) is 10.3 Å². The van der Waals surface area contributed by atoms with Crippen LogP contribution in [0.4, 0.5) is 0 Å². The summed E-state index contributed by atoms with van der Waals surface area (Å²) in [5.41, 5.74) is 0.719. The van der Waals surface area contributed by atoms with Crippen molar-refractivity contribution in [2.45, 2.75) is 46.1 Å². The number of rotatable bonds is 7. The third kappa shape index (κ3) is 4.04.